The molecule has 0 atom stereocenters. The van der Waals surface area contributed by atoms with Gasteiger partial charge in [0, 0.05) is 12.3 Å². The predicted molar refractivity (Wildman–Crippen MR) is 78.3 cm³/mol. The van der Waals surface area contributed by atoms with Crippen LogP contribution in [0.2, 0.25) is 0 Å². The third kappa shape index (κ3) is 7.31. The van der Waals surface area contributed by atoms with Crippen molar-refractivity contribution in [3.8, 4) is 5.75 Å². The van der Waals surface area contributed by atoms with Crippen molar-refractivity contribution in [2.24, 2.45) is 0 Å². The number of benzene rings is 1. The molecule has 0 radical (unpaired) electrons. The second-order valence-corrected chi connectivity index (χ2v) is 4.10. The summed E-state index contributed by atoms with van der Waals surface area (Å²) in [6, 6.07) is 6.90. The molecule has 1 amide bonds. The van der Waals surface area contributed by atoms with Gasteiger partial charge < -0.3 is 19.5 Å². The highest BCUT2D eigenvalue weighted by atomic mass is 16.5. The lowest BCUT2D eigenvalue weighted by Crippen LogP contribution is -2.18. The molecule has 0 unspecified atom stereocenters. The van der Waals surface area contributed by atoms with Gasteiger partial charge in [-0.15, -0.1) is 0 Å². The highest BCUT2D eigenvalue weighted by molar-refractivity contribution is 6.01. The molecular weight excluding hydrogens is 274 g/mol. The van der Waals surface area contributed by atoms with Gasteiger partial charge >= 0.3 is 5.97 Å². The van der Waals surface area contributed by atoms with Crippen LogP contribution in [0.5, 0.6) is 5.75 Å². The molecule has 116 valence electrons. The number of nitrogens with one attached hydrogen (secondary N) is 1. The maximum absolute atomic E-state index is 11.6. The van der Waals surface area contributed by atoms with Crippen molar-refractivity contribution in [2.75, 3.05) is 31.7 Å². The lowest BCUT2D eigenvalue weighted by molar-refractivity contribution is -0.145. The smallest absolute Gasteiger partial charge is 0.315 e. The summed E-state index contributed by atoms with van der Waals surface area (Å²) in [6.45, 7) is 5.56. The van der Waals surface area contributed by atoms with Crippen molar-refractivity contribution in [3.63, 3.8) is 0 Å². The summed E-state index contributed by atoms with van der Waals surface area (Å²) in [4.78, 5) is 22.7. The van der Waals surface area contributed by atoms with Crippen LogP contribution in [-0.4, -0.2) is 38.3 Å². The van der Waals surface area contributed by atoms with Crippen molar-refractivity contribution >= 4 is 17.6 Å². The van der Waals surface area contributed by atoms with Gasteiger partial charge in [0.05, 0.1) is 13.2 Å². The molecule has 0 aromatic heterocycles. The number of rotatable bonds is 9. The minimum atomic E-state index is -0.536. The Morgan fingerprint density at radius 3 is 2.38 bits per heavy atom. The van der Waals surface area contributed by atoms with Crippen LogP contribution in [0.4, 0.5) is 5.69 Å². The van der Waals surface area contributed by atoms with Crippen molar-refractivity contribution < 1.29 is 23.8 Å². The molecule has 1 aromatic rings. The number of hydrogen-bond acceptors (Lipinski definition) is 5. The van der Waals surface area contributed by atoms with Gasteiger partial charge in [0.1, 0.15) is 18.8 Å². The summed E-state index contributed by atoms with van der Waals surface area (Å²) >= 11 is 0. The molecular formula is C15H21NO5. The number of anilines is 1. The number of hydrogen-bond donors (Lipinski definition) is 1. The van der Waals surface area contributed by atoms with Crippen LogP contribution < -0.4 is 10.1 Å². The fraction of sp³-hybridized carbons (Fsp3) is 0.467. The van der Waals surface area contributed by atoms with Gasteiger partial charge in [0.25, 0.3) is 0 Å². The first-order valence-electron chi connectivity index (χ1n) is 6.91. The number of ether oxygens (including phenoxy) is 3. The normalized spacial score (nSPS) is 10.0. The second kappa shape index (κ2) is 9.77. The third-order valence-corrected chi connectivity index (χ3v) is 2.45. The molecule has 0 saturated heterocycles. The molecule has 0 aliphatic heterocycles. The molecule has 0 fully saturated rings. The highest BCUT2D eigenvalue weighted by Gasteiger charge is 2.10. The minimum Gasteiger partial charge on any atom is -0.491 e. The first kappa shape index (κ1) is 17.0. The van der Waals surface area contributed by atoms with Crippen LogP contribution in [0, 0.1) is 0 Å². The Balaban J connectivity index is 2.36. The summed E-state index contributed by atoms with van der Waals surface area (Å²) in [7, 11) is 0. The molecule has 0 bridgehead atoms. The molecule has 6 heteroatoms. The summed E-state index contributed by atoms with van der Waals surface area (Å²) in [5, 5.41) is 2.61. The van der Waals surface area contributed by atoms with Crippen LogP contribution in [0.1, 0.15) is 20.3 Å². The number of amides is 1. The van der Waals surface area contributed by atoms with E-state index in [1.54, 1.807) is 31.2 Å². The fourth-order valence-electron chi connectivity index (χ4n) is 1.55. The maximum Gasteiger partial charge on any atom is 0.315 e. The van der Waals surface area contributed by atoms with Gasteiger partial charge in [0.15, 0.2) is 0 Å². The largest absolute Gasteiger partial charge is 0.491 e. The molecule has 0 heterocycles. The van der Waals surface area contributed by atoms with E-state index in [9.17, 15) is 9.59 Å². The highest BCUT2D eigenvalue weighted by Crippen LogP contribution is 2.15. The van der Waals surface area contributed by atoms with Gasteiger partial charge in [-0.3, -0.25) is 9.59 Å². The zero-order chi connectivity index (χ0) is 15.5. The van der Waals surface area contributed by atoms with Crippen LogP contribution in [0.3, 0.4) is 0 Å². The third-order valence-electron chi connectivity index (χ3n) is 2.45. The van der Waals surface area contributed by atoms with E-state index in [0.717, 1.165) is 0 Å². The van der Waals surface area contributed by atoms with E-state index in [-0.39, 0.29) is 13.0 Å². The average molecular weight is 295 g/mol. The summed E-state index contributed by atoms with van der Waals surface area (Å²) in [6.07, 6.45) is -0.291. The van der Waals surface area contributed by atoms with Crippen LogP contribution in [-0.2, 0) is 19.1 Å². The van der Waals surface area contributed by atoms with E-state index in [1.165, 1.54) is 0 Å². The molecule has 1 aromatic carbocycles. The Kier molecular flexibility index (Phi) is 7.89. The summed E-state index contributed by atoms with van der Waals surface area (Å²) < 4.78 is 15.3. The Hall–Kier alpha value is -2.08. The predicted octanol–water partition coefficient (Wildman–Crippen LogP) is 1.99. The van der Waals surface area contributed by atoms with Crippen molar-refractivity contribution in [3.05, 3.63) is 24.3 Å². The zero-order valence-electron chi connectivity index (χ0n) is 12.4. The van der Waals surface area contributed by atoms with Gasteiger partial charge in [0.2, 0.25) is 5.91 Å². The van der Waals surface area contributed by atoms with E-state index >= 15 is 0 Å². The van der Waals surface area contributed by atoms with Gasteiger partial charge in [-0.05, 0) is 38.1 Å². The molecule has 21 heavy (non-hydrogen) atoms. The van der Waals surface area contributed by atoms with Crippen LogP contribution in [0.25, 0.3) is 0 Å². The summed E-state index contributed by atoms with van der Waals surface area (Å²) in [5.74, 6) is -0.248. The molecule has 1 N–H and O–H groups in total. The summed E-state index contributed by atoms with van der Waals surface area (Å²) in [5.41, 5.74) is 0.599. The van der Waals surface area contributed by atoms with E-state index in [2.05, 4.69) is 5.32 Å². The lowest BCUT2D eigenvalue weighted by Gasteiger charge is -2.08. The molecule has 0 saturated carbocycles. The topological polar surface area (TPSA) is 73.9 Å². The number of carbonyl (C=O) groups excluding carboxylic acids is 2. The monoisotopic (exact) mass is 295 g/mol. The Labute approximate surface area is 124 Å². The Bertz CT molecular complexity index is 444. The molecule has 6 nitrogen and oxygen atoms in total. The van der Waals surface area contributed by atoms with E-state index in [0.29, 0.717) is 31.3 Å². The van der Waals surface area contributed by atoms with Gasteiger partial charge in [-0.1, -0.05) is 0 Å². The SMILES string of the molecule is CCOCCOc1ccc(NC(=O)CC(=O)OCC)cc1. The minimum absolute atomic E-state index is 0.264. The van der Waals surface area contributed by atoms with Crippen molar-refractivity contribution in [2.45, 2.75) is 20.3 Å². The van der Waals surface area contributed by atoms with Gasteiger partial charge in [-0.25, -0.2) is 0 Å². The first-order valence-corrected chi connectivity index (χ1v) is 6.91. The standard InChI is InChI=1S/C15H21NO5/c1-3-19-9-10-21-13-7-5-12(6-8-13)16-14(17)11-15(18)20-4-2/h5-8H,3-4,9-11H2,1-2H3,(H,16,17). The molecule has 1 rings (SSSR count). The van der Waals surface area contributed by atoms with E-state index in [4.69, 9.17) is 14.2 Å². The number of carbonyl (C=O) groups is 2. The van der Waals surface area contributed by atoms with Crippen molar-refractivity contribution in [1.82, 2.24) is 0 Å². The zero-order valence-corrected chi connectivity index (χ0v) is 12.4. The van der Waals surface area contributed by atoms with Crippen LogP contribution >= 0.6 is 0 Å². The molecule has 0 aliphatic rings. The van der Waals surface area contributed by atoms with Crippen LogP contribution in [0.15, 0.2) is 24.3 Å². The second-order valence-electron chi connectivity index (χ2n) is 4.10. The van der Waals surface area contributed by atoms with Crippen molar-refractivity contribution in [1.29, 1.82) is 0 Å². The molecule has 0 spiro atoms. The number of esters is 1. The fourth-order valence-corrected chi connectivity index (χ4v) is 1.55. The molecule has 0 aliphatic carbocycles. The Morgan fingerprint density at radius 1 is 1.05 bits per heavy atom. The Morgan fingerprint density at radius 2 is 1.76 bits per heavy atom. The lowest BCUT2D eigenvalue weighted by atomic mass is 10.3. The van der Waals surface area contributed by atoms with E-state index in [1.807, 2.05) is 6.92 Å². The van der Waals surface area contributed by atoms with Gasteiger partial charge in [-0.2, -0.15) is 0 Å². The van der Waals surface area contributed by atoms with E-state index < -0.39 is 11.9 Å². The average Bonchev–Trinajstić information content (AvgIpc) is 2.45. The first-order chi connectivity index (χ1) is 10.2. The quantitative estimate of drug-likeness (QED) is 0.428. The maximum atomic E-state index is 11.6.